The summed E-state index contributed by atoms with van der Waals surface area (Å²) in [5.74, 6) is 0.117. The molecule has 0 N–H and O–H groups in total. The lowest BCUT2D eigenvalue weighted by atomic mass is 9.90. The maximum Gasteiger partial charge on any atom is 0.224 e. The number of carbonyl (C=O) groups excluding carboxylic acids is 1. The number of anilines is 2. The van der Waals surface area contributed by atoms with E-state index >= 15 is 0 Å². The van der Waals surface area contributed by atoms with E-state index in [2.05, 4.69) is 61.2 Å². The lowest BCUT2D eigenvalue weighted by Gasteiger charge is -2.44. The second-order valence-electron chi connectivity index (χ2n) is 6.17. The summed E-state index contributed by atoms with van der Waals surface area (Å²) in [6, 6.07) is 19.3. The molecule has 1 aliphatic heterocycles. The molecule has 0 spiro atoms. The van der Waals surface area contributed by atoms with E-state index in [9.17, 15) is 4.79 Å². The fourth-order valence-electron chi connectivity index (χ4n) is 3.76. The molecule has 1 heterocycles. The standard InChI is InChI=1S/C20H24N2O/c1-4-21(17-10-6-5-7-11-17)20-14-15(2)22(16(3)23)19-13-9-8-12-18(19)20/h5-13,15,20H,4,14H2,1-3H3. The van der Waals surface area contributed by atoms with Crippen LogP contribution in [0, 0.1) is 0 Å². The van der Waals surface area contributed by atoms with Gasteiger partial charge in [-0.2, -0.15) is 0 Å². The van der Waals surface area contributed by atoms with E-state index in [1.807, 2.05) is 17.0 Å². The minimum absolute atomic E-state index is 0.117. The largest absolute Gasteiger partial charge is 0.365 e. The molecule has 2 aromatic carbocycles. The Morgan fingerprint density at radius 1 is 1.13 bits per heavy atom. The minimum Gasteiger partial charge on any atom is -0.365 e. The van der Waals surface area contributed by atoms with Gasteiger partial charge in [-0.25, -0.2) is 0 Å². The molecular weight excluding hydrogens is 284 g/mol. The van der Waals surface area contributed by atoms with E-state index in [1.54, 1.807) is 6.92 Å². The van der Waals surface area contributed by atoms with Crippen molar-refractivity contribution in [1.29, 1.82) is 0 Å². The Labute approximate surface area is 138 Å². The summed E-state index contributed by atoms with van der Waals surface area (Å²) in [6.45, 7) is 6.93. The number of carbonyl (C=O) groups is 1. The van der Waals surface area contributed by atoms with Gasteiger partial charge in [-0.15, -0.1) is 0 Å². The normalized spacial score (nSPS) is 20.0. The molecule has 0 bridgehead atoms. The first-order valence-electron chi connectivity index (χ1n) is 8.34. The highest BCUT2D eigenvalue weighted by molar-refractivity contribution is 5.93. The SMILES string of the molecule is CCN(c1ccccc1)C1CC(C)N(C(C)=O)c2ccccc21. The molecule has 1 aliphatic rings. The van der Waals surface area contributed by atoms with Gasteiger partial charge in [-0.3, -0.25) is 4.79 Å². The molecule has 2 unspecified atom stereocenters. The van der Waals surface area contributed by atoms with Gasteiger partial charge in [0.1, 0.15) is 0 Å². The van der Waals surface area contributed by atoms with Crippen LogP contribution in [-0.2, 0) is 4.79 Å². The first kappa shape index (κ1) is 15.6. The molecule has 2 aromatic rings. The van der Waals surface area contributed by atoms with Crippen LogP contribution in [0.2, 0.25) is 0 Å². The fraction of sp³-hybridized carbons (Fsp3) is 0.350. The zero-order valence-corrected chi connectivity index (χ0v) is 14.1. The van der Waals surface area contributed by atoms with Crippen molar-refractivity contribution in [1.82, 2.24) is 0 Å². The molecule has 120 valence electrons. The maximum absolute atomic E-state index is 12.1. The molecule has 23 heavy (non-hydrogen) atoms. The molecule has 3 heteroatoms. The third kappa shape index (κ3) is 2.83. The van der Waals surface area contributed by atoms with Crippen LogP contribution in [0.4, 0.5) is 11.4 Å². The van der Waals surface area contributed by atoms with Crippen molar-refractivity contribution in [2.24, 2.45) is 0 Å². The number of fused-ring (bicyclic) bond motifs is 1. The highest BCUT2D eigenvalue weighted by atomic mass is 16.2. The second kappa shape index (κ2) is 6.45. The average molecular weight is 308 g/mol. The molecular formula is C20H24N2O. The molecule has 0 aromatic heterocycles. The van der Waals surface area contributed by atoms with Crippen LogP contribution >= 0.6 is 0 Å². The zero-order valence-electron chi connectivity index (χ0n) is 14.1. The number of nitrogens with zero attached hydrogens (tertiary/aromatic N) is 2. The molecule has 0 radical (unpaired) electrons. The monoisotopic (exact) mass is 308 g/mol. The van der Waals surface area contributed by atoms with E-state index < -0.39 is 0 Å². The van der Waals surface area contributed by atoms with Gasteiger partial charge in [-0.05, 0) is 44.0 Å². The van der Waals surface area contributed by atoms with Crippen LogP contribution in [0.1, 0.15) is 38.8 Å². The Kier molecular flexibility index (Phi) is 4.37. The van der Waals surface area contributed by atoms with Crippen LogP contribution in [0.5, 0.6) is 0 Å². The van der Waals surface area contributed by atoms with Crippen molar-refractivity contribution in [2.45, 2.75) is 39.3 Å². The van der Waals surface area contributed by atoms with Crippen LogP contribution in [0.3, 0.4) is 0 Å². The van der Waals surface area contributed by atoms with Crippen molar-refractivity contribution in [3.8, 4) is 0 Å². The van der Waals surface area contributed by atoms with E-state index in [0.717, 1.165) is 18.7 Å². The smallest absolute Gasteiger partial charge is 0.224 e. The highest BCUT2D eigenvalue weighted by Crippen LogP contribution is 2.41. The van der Waals surface area contributed by atoms with Gasteiger partial charge in [0.25, 0.3) is 0 Å². The molecule has 1 amide bonds. The van der Waals surface area contributed by atoms with E-state index in [1.165, 1.54) is 11.3 Å². The van der Waals surface area contributed by atoms with Crippen LogP contribution in [0.15, 0.2) is 54.6 Å². The van der Waals surface area contributed by atoms with Crippen molar-refractivity contribution < 1.29 is 4.79 Å². The minimum atomic E-state index is 0.117. The van der Waals surface area contributed by atoms with Gasteiger partial charge in [0.15, 0.2) is 0 Å². The number of rotatable bonds is 3. The summed E-state index contributed by atoms with van der Waals surface area (Å²) in [6.07, 6.45) is 0.944. The van der Waals surface area contributed by atoms with Crippen LogP contribution < -0.4 is 9.80 Å². The van der Waals surface area contributed by atoms with E-state index in [0.29, 0.717) is 6.04 Å². The fourth-order valence-corrected chi connectivity index (χ4v) is 3.76. The lowest BCUT2D eigenvalue weighted by molar-refractivity contribution is -0.117. The van der Waals surface area contributed by atoms with Crippen LogP contribution in [0.25, 0.3) is 0 Å². The third-order valence-corrected chi connectivity index (χ3v) is 4.70. The predicted molar refractivity (Wildman–Crippen MR) is 95.9 cm³/mol. The maximum atomic E-state index is 12.1. The summed E-state index contributed by atoms with van der Waals surface area (Å²) >= 11 is 0. The van der Waals surface area contributed by atoms with Crippen molar-refractivity contribution in [2.75, 3.05) is 16.3 Å². The summed E-state index contributed by atoms with van der Waals surface area (Å²) in [4.78, 5) is 16.5. The van der Waals surface area contributed by atoms with Gasteiger partial charge in [0.05, 0.1) is 6.04 Å². The number of para-hydroxylation sites is 2. The second-order valence-corrected chi connectivity index (χ2v) is 6.17. The lowest BCUT2D eigenvalue weighted by Crippen LogP contribution is -2.45. The highest BCUT2D eigenvalue weighted by Gasteiger charge is 2.34. The van der Waals surface area contributed by atoms with Gasteiger partial charge in [0.2, 0.25) is 5.91 Å². The first-order valence-corrected chi connectivity index (χ1v) is 8.34. The Balaban J connectivity index is 2.06. The third-order valence-electron chi connectivity index (χ3n) is 4.70. The molecule has 0 aliphatic carbocycles. The zero-order chi connectivity index (χ0) is 16.4. The Bertz CT molecular complexity index is 683. The predicted octanol–water partition coefficient (Wildman–Crippen LogP) is 4.40. The van der Waals surface area contributed by atoms with Gasteiger partial charge < -0.3 is 9.80 Å². The molecule has 0 saturated heterocycles. The molecule has 2 atom stereocenters. The van der Waals surface area contributed by atoms with Gasteiger partial charge in [-0.1, -0.05) is 36.4 Å². The van der Waals surface area contributed by atoms with Crippen molar-refractivity contribution >= 4 is 17.3 Å². The number of hydrogen-bond acceptors (Lipinski definition) is 2. The van der Waals surface area contributed by atoms with Crippen molar-refractivity contribution in [3.05, 3.63) is 60.2 Å². The van der Waals surface area contributed by atoms with Crippen LogP contribution in [-0.4, -0.2) is 18.5 Å². The van der Waals surface area contributed by atoms with E-state index in [-0.39, 0.29) is 11.9 Å². The van der Waals surface area contributed by atoms with E-state index in [4.69, 9.17) is 0 Å². The molecule has 0 saturated carbocycles. The number of benzene rings is 2. The first-order chi connectivity index (χ1) is 11.1. The average Bonchev–Trinajstić information content (AvgIpc) is 2.56. The molecule has 3 nitrogen and oxygen atoms in total. The molecule has 3 rings (SSSR count). The Morgan fingerprint density at radius 2 is 1.78 bits per heavy atom. The Hall–Kier alpha value is -2.29. The topological polar surface area (TPSA) is 23.6 Å². The summed E-state index contributed by atoms with van der Waals surface area (Å²) in [7, 11) is 0. The summed E-state index contributed by atoms with van der Waals surface area (Å²) < 4.78 is 0. The Morgan fingerprint density at radius 3 is 2.43 bits per heavy atom. The van der Waals surface area contributed by atoms with Crippen molar-refractivity contribution in [3.63, 3.8) is 0 Å². The number of amides is 1. The summed E-state index contributed by atoms with van der Waals surface area (Å²) in [5, 5.41) is 0. The van der Waals surface area contributed by atoms with Gasteiger partial charge >= 0.3 is 0 Å². The number of hydrogen-bond donors (Lipinski definition) is 0. The quantitative estimate of drug-likeness (QED) is 0.839. The van der Waals surface area contributed by atoms with Gasteiger partial charge in [0, 0.05) is 30.9 Å². The summed E-state index contributed by atoms with van der Waals surface area (Å²) in [5.41, 5.74) is 3.53. The molecule has 0 fully saturated rings.